The summed E-state index contributed by atoms with van der Waals surface area (Å²) in [4.78, 5) is 0. The van der Waals surface area contributed by atoms with Crippen molar-refractivity contribution < 1.29 is 19.7 Å². The van der Waals surface area contributed by atoms with E-state index in [1.54, 1.807) is 0 Å². The molecule has 2 N–H and O–H groups in total. The molecule has 0 amide bonds. The molecule has 0 saturated carbocycles. The number of unbranched alkanes of at least 4 members (excludes halogenated alkanes) is 1. The first-order valence-electron chi connectivity index (χ1n) is 6.30. The van der Waals surface area contributed by atoms with Crippen LogP contribution in [0.2, 0.25) is 0 Å². The maximum Gasteiger partial charge on any atom is 0.112 e. The lowest BCUT2D eigenvalue weighted by Crippen LogP contribution is -2.36. The van der Waals surface area contributed by atoms with Crippen LogP contribution in [-0.4, -0.2) is 47.8 Å². The second-order valence-corrected chi connectivity index (χ2v) is 4.36. The van der Waals surface area contributed by atoms with Crippen LogP contribution in [0.25, 0.3) is 0 Å². The van der Waals surface area contributed by atoms with Crippen molar-refractivity contribution in [1.29, 1.82) is 0 Å². The van der Waals surface area contributed by atoms with Crippen LogP contribution in [-0.2, 0) is 9.47 Å². The van der Waals surface area contributed by atoms with Crippen molar-refractivity contribution >= 4 is 0 Å². The number of ether oxygens (including phenoxy) is 2. The van der Waals surface area contributed by atoms with Crippen LogP contribution < -0.4 is 0 Å². The molecule has 0 spiro atoms. The fourth-order valence-corrected chi connectivity index (χ4v) is 2.06. The molecule has 1 aliphatic rings. The van der Waals surface area contributed by atoms with Gasteiger partial charge in [-0.1, -0.05) is 26.7 Å². The Balaban J connectivity index is 2.50. The minimum absolute atomic E-state index is 0.0707. The van der Waals surface area contributed by atoms with Crippen LogP contribution in [0.3, 0.4) is 0 Å². The summed E-state index contributed by atoms with van der Waals surface area (Å²) in [5, 5.41) is 19.0. The van der Waals surface area contributed by atoms with Gasteiger partial charge in [-0.25, -0.2) is 0 Å². The summed E-state index contributed by atoms with van der Waals surface area (Å²) in [5.41, 5.74) is 0. The fraction of sp³-hybridized carbons (Fsp3) is 1.00. The Morgan fingerprint density at radius 3 is 2.50 bits per heavy atom. The van der Waals surface area contributed by atoms with Crippen LogP contribution in [0.4, 0.5) is 0 Å². The molecule has 0 aromatic rings. The maximum absolute atomic E-state index is 9.94. The van der Waals surface area contributed by atoms with E-state index in [0.717, 1.165) is 25.7 Å². The largest absolute Gasteiger partial charge is 0.394 e. The molecule has 1 fully saturated rings. The summed E-state index contributed by atoms with van der Waals surface area (Å²) in [5.74, 6) is 0. The normalized spacial score (nSPS) is 34.5. The molecule has 0 aliphatic carbocycles. The van der Waals surface area contributed by atoms with Gasteiger partial charge in [-0.05, 0) is 12.8 Å². The van der Waals surface area contributed by atoms with Gasteiger partial charge in [0.05, 0.1) is 12.7 Å². The predicted molar refractivity (Wildman–Crippen MR) is 61.3 cm³/mol. The van der Waals surface area contributed by atoms with E-state index in [0.29, 0.717) is 6.61 Å². The van der Waals surface area contributed by atoms with Crippen molar-refractivity contribution in [3.05, 3.63) is 0 Å². The zero-order chi connectivity index (χ0) is 12.0. The quantitative estimate of drug-likeness (QED) is 0.690. The molecule has 0 radical (unpaired) electrons. The zero-order valence-electron chi connectivity index (χ0n) is 10.3. The van der Waals surface area contributed by atoms with E-state index < -0.39 is 12.2 Å². The first-order chi connectivity index (χ1) is 7.74. The van der Waals surface area contributed by atoms with Gasteiger partial charge in [-0.15, -0.1) is 0 Å². The Morgan fingerprint density at radius 1 is 1.19 bits per heavy atom. The van der Waals surface area contributed by atoms with Crippen molar-refractivity contribution in [2.45, 2.75) is 63.9 Å². The lowest BCUT2D eigenvalue weighted by atomic mass is 10.0. The Kier molecular flexibility index (Phi) is 6.28. The van der Waals surface area contributed by atoms with Crippen molar-refractivity contribution in [1.82, 2.24) is 0 Å². The standard InChI is InChI=1S/C12H24O4/c1-3-5-6-9-12(15-7-4-2)11(14)10(8-13)16-9/h9-14H,3-8H2,1-2H3. The van der Waals surface area contributed by atoms with Crippen LogP contribution in [0.15, 0.2) is 0 Å². The van der Waals surface area contributed by atoms with Gasteiger partial charge in [0.1, 0.15) is 18.3 Å². The van der Waals surface area contributed by atoms with Gasteiger partial charge in [-0.3, -0.25) is 0 Å². The van der Waals surface area contributed by atoms with Crippen molar-refractivity contribution in [3.8, 4) is 0 Å². The summed E-state index contributed by atoms with van der Waals surface area (Å²) in [6.45, 7) is 4.64. The zero-order valence-corrected chi connectivity index (χ0v) is 10.3. The number of aliphatic hydroxyl groups excluding tert-OH is 2. The third-order valence-electron chi connectivity index (χ3n) is 2.97. The molecule has 96 valence electrons. The van der Waals surface area contributed by atoms with Crippen molar-refractivity contribution in [2.24, 2.45) is 0 Å². The van der Waals surface area contributed by atoms with Crippen molar-refractivity contribution in [3.63, 3.8) is 0 Å². The number of hydrogen-bond acceptors (Lipinski definition) is 4. The average Bonchev–Trinajstić information content (AvgIpc) is 2.60. The van der Waals surface area contributed by atoms with E-state index in [1.165, 1.54) is 0 Å². The highest BCUT2D eigenvalue weighted by atomic mass is 16.6. The highest BCUT2D eigenvalue weighted by molar-refractivity contribution is 4.91. The number of aliphatic hydroxyl groups is 2. The van der Waals surface area contributed by atoms with E-state index in [4.69, 9.17) is 14.6 Å². The Hall–Kier alpha value is -0.160. The van der Waals surface area contributed by atoms with E-state index in [-0.39, 0.29) is 18.8 Å². The second kappa shape index (κ2) is 7.22. The molecule has 0 bridgehead atoms. The molecule has 4 unspecified atom stereocenters. The van der Waals surface area contributed by atoms with Crippen LogP contribution in [0.1, 0.15) is 39.5 Å². The Morgan fingerprint density at radius 2 is 1.94 bits per heavy atom. The molecule has 1 saturated heterocycles. The molecule has 0 aromatic heterocycles. The Bertz CT molecular complexity index is 186. The SMILES string of the molecule is CCCCC1OC(CO)C(O)C1OCCC. The minimum atomic E-state index is -0.696. The summed E-state index contributed by atoms with van der Waals surface area (Å²) in [7, 11) is 0. The predicted octanol–water partition coefficient (Wildman–Crippen LogP) is 1.09. The summed E-state index contributed by atoms with van der Waals surface area (Å²) in [6.07, 6.45) is 2.44. The highest BCUT2D eigenvalue weighted by Gasteiger charge is 2.43. The Labute approximate surface area is 97.6 Å². The van der Waals surface area contributed by atoms with Gasteiger partial charge in [0.25, 0.3) is 0 Å². The maximum atomic E-state index is 9.94. The van der Waals surface area contributed by atoms with E-state index in [2.05, 4.69) is 6.92 Å². The van der Waals surface area contributed by atoms with Crippen LogP contribution >= 0.6 is 0 Å². The third kappa shape index (κ3) is 3.42. The molecule has 1 aliphatic heterocycles. The van der Waals surface area contributed by atoms with Crippen molar-refractivity contribution in [2.75, 3.05) is 13.2 Å². The molecule has 4 atom stereocenters. The summed E-state index contributed by atoms with van der Waals surface area (Å²) < 4.78 is 11.2. The molecule has 0 aromatic carbocycles. The highest BCUT2D eigenvalue weighted by Crippen LogP contribution is 2.27. The average molecular weight is 232 g/mol. The monoisotopic (exact) mass is 232 g/mol. The van der Waals surface area contributed by atoms with E-state index in [1.807, 2.05) is 6.92 Å². The molecule has 16 heavy (non-hydrogen) atoms. The van der Waals surface area contributed by atoms with Crippen LogP contribution in [0.5, 0.6) is 0 Å². The van der Waals surface area contributed by atoms with E-state index >= 15 is 0 Å². The first kappa shape index (κ1) is 13.9. The summed E-state index contributed by atoms with van der Waals surface area (Å²) in [6, 6.07) is 0. The fourth-order valence-electron chi connectivity index (χ4n) is 2.06. The van der Waals surface area contributed by atoms with Gasteiger partial charge in [-0.2, -0.15) is 0 Å². The van der Waals surface area contributed by atoms with Gasteiger partial charge < -0.3 is 19.7 Å². The van der Waals surface area contributed by atoms with Crippen LogP contribution in [0, 0.1) is 0 Å². The molecular formula is C12H24O4. The van der Waals surface area contributed by atoms with Gasteiger partial charge in [0.15, 0.2) is 0 Å². The smallest absolute Gasteiger partial charge is 0.112 e. The summed E-state index contributed by atoms with van der Waals surface area (Å²) >= 11 is 0. The number of hydrogen-bond donors (Lipinski definition) is 2. The lowest BCUT2D eigenvalue weighted by Gasteiger charge is -2.20. The van der Waals surface area contributed by atoms with Gasteiger partial charge in [0.2, 0.25) is 0 Å². The first-order valence-corrected chi connectivity index (χ1v) is 6.30. The molecule has 1 rings (SSSR count). The van der Waals surface area contributed by atoms with Gasteiger partial charge in [0, 0.05) is 6.61 Å². The van der Waals surface area contributed by atoms with Gasteiger partial charge >= 0.3 is 0 Å². The minimum Gasteiger partial charge on any atom is -0.394 e. The molecule has 4 nitrogen and oxygen atoms in total. The second-order valence-electron chi connectivity index (χ2n) is 4.36. The molecule has 4 heteroatoms. The number of rotatable bonds is 7. The third-order valence-corrected chi connectivity index (χ3v) is 2.97. The van der Waals surface area contributed by atoms with E-state index in [9.17, 15) is 5.11 Å². The molecular weight excluding hydrogens is 208 g/mol. The topological polar surface area (TPSA) is 58.9 Å². The molecule has 1 heterocycles. The lowest BCUT2D eigenvalue weighted by molar-refractivity contribution is -0.0401.